The fourth-order valence-corrected chi connectivity index (χ4v) is 2.61. The van der Waals surface area contributed by atoms with Gasteiger partial charge in [0, 0.05) is 13.7 Å². The molecule has 2 N–H and O–H groups in total. The van der Waals surface area contributed by atoms with E-state index in [2.05, 4.69) is 21.7 Å². The predicted octanol–water partition coefficient (Wildman–Crippen LogP) is 2.20. The molecule has 110 valence electrons. The van der Waals surface area contributed by atoms with Gasteiger partial charge in [0.25, 0.3) is 0 Å². The number of rotatable bonds is 6. The van der Waals surface area contributed by atoms with E-state index in [1.54, 1.807) is 7.11 Å². The van der Waals surface area contributed by atoms with Crippen molar-refractivity contribution >= 4 is 45.0 Å². The summed E-state index contributed by atoms with van der Waals surface area (Å²) < 4.78 is 5.97. The highest BCUT2D eigenvalue weighted by molar-refractivity contribution is 7.22. The van der Waals surface area contributed by atoms with Crippen molar-refractivity contribution in [1.82, 2.24) is 10.3 Å². The summed E-state index contributed by atoms with van der Waals surface area (Å²) in [5, 5.41) is 6.42. The minimum absolute atomic E-state index is 0. The van der Waals surface area contributed by atoms with Gasteiger partial charge in [-0.3, -0.25) is 4.79 Å². The Morgan fingerprint density at radius 2 is 2.25 bits per heavy atom. The van der Waals surface area contributed by atoms with Gasteiger partial charge >= 0.3 is 0 Å². The second-order valence-corrected chi connectivity index (χ2v) is 5.24. The summed E-state index contributed by atoms with van der Waals surface area (Å²) >= 11 is 1.49. The molecule has 0 unspecified atom stereocenters. The van der Waals surface area contributed by atoms with Gasteiger partial charge in [0.15, 0.2) is 5.13 Å². The standard InChI is InChI=1S/C13H17N3O2S.ClH/c1-9-3-4-10-11(7-9)19-13(15-10)16-12(17)8-14-5-6-18-2;/h3-4,7,14H,5-6,8H2,1-2H3,(H,15,16,17);1H. The maximum atomic E-state index is 11.7. The van der Waals surface area contributed by atoms with Crippen molar-refractivity contribution in [2.24, 2.45) is 0 Å². The van der Waals surface area contributed by atoms with E-state index in [4.69, 9.17) is 4.74 Å². The van der Waals surface area contributed by atoms with Crippen molar-refractivity contribution in [3.63, 3.8) is 0 Å². The molecule has 0 radical (unpaired) electrons. The van der Waals surface area contributed by atoms with Crippen LogP contribution in [0.3, 0.4) is 0 Å². The molecule has 0 spiro atoms. The lowest BCUT2D eigenvalue weighted by Crippen LogP contribution is -2.30. The lowest BCUT2D eigenvalue weighted by Gasteiger charge is -2.03. The second kappa shape index (κ2) is 8.16. The molecule has 0 aliphatic heterocycles. The first-order valence-corrected chi connectivity index (χ1v) is 6.87. The Labute approximate surface area is 128 Å². The van der Waals surface area contributed by atoms with Crippen LogP contribution >= 0.6 is 23.7 Å². The Bertz CT molecular complexity index is 574. The van der Waals surface area contributed by atoms with E-state index in [0.717, 1.165) is 10.2 Å². The Kier molecular flexibility index (Phi) is 6.87. The second-order valence-electron chi connectivity index (χ2n) is 4.21. The zero-order valence-electron chi connectivity index (χ0n) is 11.4. The van der Waals surface area contributed by atoms with E-state index >= 15 is 0 Å². The molecule has 0 fully saturated rings. The minimum atomic E-state index is -0.0909. The Morgan fingerprint density at radius 1 is 1.45 bits per heavy atom. The largest absolute Gasteiger partial charge is 0.383 e. The summed E-state index contributed by atoms with van der Waals surface area (Å²) in [6, 6.07) is 6.05. The predicted molar refractivity (Wildman–Crippen MR) is 85.0 cm³/mol. The van der Waals surface area contributed by atoms with Crippen LogP contribution in [-0.4, -0.2) is 37.7 Å². The fraction of sp³-hybridized carbons (Fsp3) is 0.385. The van der Waals surface area contributed by atoms with Gasteiger partial charge in [0.05, 0.1) is 23.4 Å². The SMILES string of the molecule is COCCNCC(=O)Nc1nc2ccc(C)cc2s1.Cl. The van der Waals surface area contributed by atoms with Crippen LogP contribution in [0.1, 0.15) is 5.56 Å². The normalized spacial score (nSPS) is 10.3. The highest BCUT2D eigenvalue weighted by Gasteiger charge is 2.07. The molecular formula is C13H18ClN3O2S. The van der Waals surface area contributed by atoms with Crippen molar-refractivity contribution in [3.8, 4) is 0 Å². The molecule has 1 heterocycles. The first kappa shape index (κ1) is 16.8. The van der Waals surface area contributed by atoms with Gasteiger partial charge in [0.2, 0.25) is 5.91 Å². The molecule has 20 heavy (non-hydrogen) atoms. The molecule has 0 atom stereocenters. The Morgan fingerprint density at radius 3 is 3.00 bits per heavy atom. The van der Waals surface area contributed by atoms with E-state index in [1.807, 2.05) is 19.1 Å². The van der Waals surface area contributed by atoms with Crippen LogP contribution in [0.2, 0.25) is 0 Å². The zero-order valence-corrected chi connectivity index (χ0v) is 13.1. The van der Waals surface area contributed by atoms with Gasteiger partial charge in [-0.25, -0.2) is 4.98 Å². The highest BCUT2D eigenvalue weighted by atomic mass is 35.5. The molecule has 2 rings (SSSR count). The maximum Gasteiger partial charge on any atom is 0.240 e. The summed E-state index contributed by atoms with van der Waals surface area (Å²) in [5.74, 6) is -0.0909. The number of fused-ring (bicyclic) bond motifs is 1. The van der Waals surface area contributed by atoms with Gasteiger partial charge in [-0.1, -0.05) is 17.4 Å². The molecule has 1 aromatic carbocycles. The number of anilines is 1. The maximum absolute atomic E-state index is 11.7. The van der Waals surface area contributed by atoms with Crippen LogP contribution in [0.25, 0.3) is 10.2 Å². The number of carbonyl (C=O) groups excluding carboxylic acids is 1. The number of aromatic nitrogens is 1. The number of nitrogens with zero attached hydrogens (tertiary/aromatic N) is 1. The topological polar surface area (TPSA) is 63.2 Å². The van der Waals surface area contributed by atoms with E-state index in [9.17, 15) is 4.79 Å². The average molecular weight is 316 g/mol. The lowest BCUT2D eigenvalue weighted by atomic mass is 10.2. The van der Waals surface area contributed by atoms with Crippen molar-refractivity contribution in [2.75, 3.05) is 32.1 Å². The molecule has 1 aromatic heterocycles. The van der Waals surface area contributed by atoms with Crippen LogP contribution in [-0.2, 0) is 9.53 Å². The van der Waals surface area contributed by atoms with Crippen molar-refractivity contribution in [2.45, 2.75) is 6.92 Å². The summed E-state index contributed by atoms with van der Waals surface area (Å²) in [6.07, 6.45) is 0. The molecule has 2 aromatic rings. The summed E-state index contributed by atoms with van der Waals surface area (Å²) in [5.41, 5.74) is 2.11. The number of carbonyl (C=O) groups is 1. The molecule has 1 amide bonds. The number of hydrogen-bond acceptors (Lipinski definition) is 5. The Balaban J connectivity index is 0.00000200. The van der Waals surface area contributed by atoms with Gasteiger partial charge in [0.1, 0.15) is 0 Å². The third-order valence-electron chi connectivity index (χ3n) is 2.56. The van der Waals surface area contributed by atoms with Gasteiger partial charge in [-0.15, -0.1) is 12.4 Å². The van der Waals surface area contributed by atoms with Crippen LogP contribution in [0.15, 0.2) is 18.2 Å². The fourth-order valence-electron chi connectivity index (χ4n) is 1.62. The van der Waals surface area contributed by atoms with Crippen LogP contribution < -0.4 is 10.6 Å². The van der Waals surface area contributed by atoms with Crippen molar-refractivity contribution in [1.29, 1.82) is 0 Å². The lowest BCUT2D eigenvalue weighted by molar-refractivity contribution is -0.115. The number of thiazole rings is 1. The third kappa shape index (κ3) is 4.72. The molecule has 0 saturated heterocycles. The minimum Gasteiger partial charge on any atom is -0.383 e. The number of hydrogen-bond donors (Lipinski definition) is 2. The first-order chi connectivity index (χ1) is 9.19. The van der Waals surface area contributed by atoms with Crippen molar-refractivity contribution in [3.05, 3.63) is 23.8 Å². The molecule has 7 heteroatoms. The van der Waals surface area contributed by atoms with E-state index in [1.165, 1.54) is 16.9 Å². The van der Waals surface area contributed by atoms with Gasteiger partial charge in [-0.2, -0.15) is 0 Å². The number of aryl methyl sites for hydroxylation is 1. The zero-order chi connectivity index (χ0) is 13.7. The first-order valence-electron chi connectivity index (χ1n) is 6.06. The molecule has 0 saturated carbocycles. The summed E-state index contributed by atoms with van der Waals surface area (Å²) in [7, 11) is 1.63. The van der Waals surface area contributed by atoms with E-state index in [-0.39, 0.29) is 24.9 Å². The number of methoxy groups -OCH3 is 1. The smallest absolute Gasteiger partial charge is 0.240 e. The Hall–Kier alpha value is -1.21. The number of amides is 1. The number of ether oxygens (including phenoxy) is 1. The quantitative estimate of drug-likeness (QED) is 0.802. The molecule has 5 nitrogen and oxygen atoms in total. The number of halogens is 1. The third-order valence-corrected chi connectivity index (χ3v) is 3.49. The van der Waals surface area contributed by atoms with E-state index < -0.39 is 0 Å². The van der Waals surface area contributed by atoms with E-state index in [0.29, 0.717) is 18.3 Å². The van der Waals surface area contributed by atoms with Crippen LogP contribution in [0, 0.1) is 6.92 Å². The monoisotopic (exact) mass is 315 g/mol. The molecule has 0 aliphatic rings. The van der Waals surface area contributed by atoms with Crippen LogP contribution in [0.5, 0.6) is 0 Å². The highest BCUT2D eigenvalue weighted by Crippen LogP contribution is 2.26. The summed E-state index contributed by atoms with van der Waals surface area (Å²) in [4.78, 5) is 16.0. The van der Waals surface area contributed by atoms with Gasteiger partial charge < -0.3 is 15.4 Å². The average Bonchev–Trinajstić information content (AvgIpc) is 2.76. The van der Waals surface area contributed by atoms with Gasteiger partial charge in [-0.05, 0) is 24.6 Å². The van der Waals surface area contributed by atoms with Crippen LogP contribution in [0.4, 0.5) is 5.13 Å². The summed E-state index contributed by atoms with van der Waals surface area (Å²) in [6.45, 7) is 3.55. The number of nitrogens with one attached hydrogen (secondary N) is 2. The molecule has 0 bridgehead atoms. The van der Waals surface area contributed by atoms with Crippen molar-refractivity contribution < 1.29 is 9.53 Å². The molecule has 0 aliphatic carbocycles. The number of benzene rings is 1. The molecular weight excluding hydrogens is 298 g/mol.